The molecule has 0 fully saturated rings. The summed E-state index contributed by atoms with van der Waals surface area (Å²) in [5, 5.41) is 4.27. The van der Waals surface area contributed by atoms with Gasteiger partial charge in [0.05, 0.1) is 29.7 Å². The number of benzene rings is 2. The van der Waals surface area contributed by atoms with Crippen molar-refractivity contribution in [3.05, 3.63) is 70.5 Å². The van der Waals surface area contributed by atoms with Crippen LogP contribution in [0, 0.1) is 6.92 Å². The molecule has 1 unspecified atom stereocenters. The molecule has 162 valence electrons. The van der Waals surface area contributed by atoms with Crippen LogP contribution in [0.1, 0.15) is 29.9 Å². The molecule has 2 aromatic carbocycles. The molecule has 1 aromatic heterocycles. The van der Waals surface area contributed by atoms with Crippen LogP contribution in [0.3, 0.4) is 0 Å². The molecule has 0 saturated heterocycles. The van der Waals surface area contributed by atoms with Crippen molar-refractivity contribution in [1.29, 1.82) is 0 Å². The third kappa shape index (κ3) is 5.64. The van der Waals surface area contributed by atoms with Gasteiger partial charge in [-0.05, 0) is 69.3 Å². The Kier molecular flexibility index (Phi) is 7.30. The van der Waals surface area contributed by atoms with E-state index in [1.807, 2.05) is 31.2 Å². The molecule has 0 spiro atoms. The summed E-state index contributed by atoms with van der Waals surface area (Å²) in [6.45, 7) is 5.84. The summed E-state index contributed by atoms with van der Waals surface area (Å²) in [7, 11) is 0. The third-order valence-corrected chi connectivity index (χ3v) is 4.97. The Morgan fingerprint density at radius 1 is 1.06 bits per heavy atom. The summed E-state index contributed by atoms with van der Waals surface area (Å²) < 4.78 is 13.6. The van der Waals surface area contributed by atoms with Crippen molar-refractivity contribution in [3.8, 4) is 17.2 Å². The van der Waals surface area contributed by atoms with E-state index in [1.165, 1.54) is 6.20 Å². The molecule has 1 heterocycles. The van der Waals surface area contributed by atoms with Gasteiger partial charge < -0.3 is 9.47 Å². The molecule has 8 nitrogen and oxygen atoms in total. The quantitative estimate of drug-likeness (QED) is 0.497. The molecule has 0 radical (unpaired) electrons. The zero-order valence-electron chi connectivity index (χ0n) is 17.4. The Morgan fingerprint density at radius 3 is 2.35 bits per heavy atom. The Balaban J connectivity index is 1.56. The van der Waals surface area contributed by atoms with Crippen LogP contribution in [-0.2, 0) is 4.79 Å². The Hall–Kier alpha value is -3.33. The number of aromatic nitrogens is 2. The fourth-order valence-electron chi connectivity index (χ4n) is 2.80. The van der Waals surface area contributed by atoms with Gasteiger partial charge in [-0.15, -0.1) is 0 Å². The maximum Gasteiger partial charge on any atom is 0.279 e. The number of nitrogens with one attached hydrogen (secondary N) is 2. The smallest absolute Gasteiger partial charge is 0.279 e. The molecule has 0 bridgehead atoms. The number of rotatable bonds is 7. The maximum atomic E-state index is 12.5. The fraction of sp³-hybridized carbons (Fsp3) is 0.227. The maximum absolute atomic E-state index is 12.5. The van der Waals surface area contributed by atoms with Gasteiger partial charge >= 0.3 is 0 Å². The van der Waals surface area contributed by atoms with E-state index in [-0.39, 0.29) is 0 Å². The number of hydrogen-bond donors (Lipinski definition) is 2. The highest BCUT2D eigenvalue weighted by Crippen LogP contribution is 2.19. The van der Waals surface area contributed by atoms with Crippen molar-refractivity contribution in [2.45, 2.75) is 26.9 Å². The fourth-order valence-corrected chi connectivity index (χ4v) is 3.07. The number of hydrazine groups is 1. The number of hydrogen-bond acceptors (Lipinski definition) is 5. The molecule has 9 heteroatoms. The van der Waals surface area contributed by atoms with Crippen LogP contribution in [0.15, 0.2) is 59.2 Å². The lowest BCUT2D eigenvalue weighted by Crippen LogP contribution is -2.47. The number of ether oxygens (including phenoxy) is 2. The van der Waals surface area contributed by atoms with E-state index in [2.05, 4.69) is 31.9 Å². The van der Waals surface area contributed by atoms with Crippen molar-refractivity contribution >= 4 is 27.7 Å². The minimum atomic E-state index is -0.815. The van der Waals surface area contributed by atoms with Crippen LogP contribution < -0.4 is 20.3 Å². The molecule has 0 aliphatic carbocycles. The lowest BCUT2D eigenvalue weighted by molar-refractivity contribution is -0.128. The predicted octanol–water partition coefficient (Wildman–Crippen LogP) is 3.57. The first kappa shape index (κ1) is 22.4. The molecule has 1 atom stereocenters. The highest BCUT2D eigenvalue weighted by Gasteiger charge is 2.19. The van der Waals surface area contributed by atoms with Gasteiger partial charge in [0.1, 0.15) is 11.5 Å². The molecule has 31 heavy (non-hydrogen) atoms. The van der Waals surface area contributed by atoms with Gasteiger partial charge in [-0.25, -0.2) is 4.68 Å². The Morgan fingerprint density at radius 2 is 1.71 bits per heavy atom. The first-order valence-corrected chi connectivity index (χ1v) is 10.5. The van der Waals surface area contributed by atoms with Crippen LogP contribution >= 0.6 is 15.9 Å². The monoisotopic (exact) mass is 486 g/mol. The summed E-state index contributed by atoms with van der Waals surface area (Å²) in [5.74, 6) is 0.282. The molecule has 0 saturated carbocycles. The topological polar surface area (TPSA) is 94.5 Å². The summed E-state index contributed by atoms with van der Waals surface area (Å²) in [4.78, 5) is 24.8. The number of carbonyl (C=O) groups is 2. The van der Waals surface area contributed by atoms with Crippen LogP contribution in [0.2, 0.25) is 0 Å². The summed E-state index contributed by atoms with van der Waals surface area (Å²) in [6, 6.07) is 14.5. The lowest BCUT2D eigenvalue weighted by Gasteiger charge is -2.15. The Bertz CT molecular complexity index is 1050. The SMILES string of the molecule is CCOc1ccc(OC(C)C(=O)NNC(=O)c2cnn(-c3ccc(Br)cc3)c2C)cc1. The second kappa shape index (κ2) is 10.1. The summed E-state index contributed by atoms with van der Waals surface area (Å²) >= 11 is 3.39. The molecular weight excluding hydrogens is 464 g/mol. The highest BCUT2D eigenvalue weighted by atomic mass is 79.9. The first-order valence-electron chi connectivity index (χ1n) is 9.69. The number of amides is 2. The van der Waals surface area contributed by atoms with E-state index in [0.717, 1.165) is 15.9 Å². The minimum Gasteiger partial charge on any atom is -0.494 e. The average Bonchev–Trinajstić information content (AvgIpc) is 3.15. The van der Waals surface area contributed by atoms with Crippen molar-refractivity contribution < 1.29 is 19.1 Å². The van der Waals surface area contributed by atoms with E-state index in [1.54, 1.807) is 42.8 Å². The second-order valence-corrected chi connectivity index (χ2v) is 7.56. The van der Waals surface area contributed by atoms with Gasteiger partial charge in [0.15, 0.2) is 6.10 Å². The zero-order valence-corrected chi connectivity index (χ0v) is 19.0. The first-order chi connectivity index (χ1) is 14.9. The summed E-state index contributed by atoms with van der Waals surface area (Å²) in [6.07, 6.45) is 0.642. The molecule has 2 N–H and O–H groups in total. The van der Waals surface area contributed by atoms with Crippen molar-refractivity contribution in [1.82, 2.24) is 20.6 Å². The van der Waals surface area contributed by atoms with Crippen LogP contribution in [0.25, 0.3) is 5.69 Å². The largest absolute Gasteiger partial charge is 0.494 e. The third-order valence-electron chi connectivity index (χ3n) is 4.44. The normalized spacial score (nSPS) is 11.5. The molecular formula is C22H23BrN4O4. The van der Waals surface area contributed by atoms with E-state index in [9.17, 15) is 9.59 Å². The zero-order chi connectivity index (χ0) is 22.4. The molecule has 2 amide bonds. The molecule has 0 aliphatic rings. The van der Waals surface area contributed by atoms with Crippen LogP contribution in [0.5, 0.6) is 11.5 Å². The van der Waals surface area contributed by atoms with Gasteiger partial charge in [-0.3, -0.25) is 20.4 Å². The Labute approximate surface area is 188 Å². The predicted molar refractivity (Wildman–Crippen MR) is 119 cm³/mol. The molecule has 3 rings (SSSR count). The van der Waals surface area contributed by atoms with Gasteiger partial charge in [0.25, 0.3) is 11.8 Å². The van der Waals surface area contributed by atoms with E-state index < -0.39 is 17.9 Å². The summed E-state index contributed by atoms with van der Waals surface area (Å²) in [5.41, 5.74) is 6.61. The van der Waals surface area contributed by atoms with Crippen LogP contribution in [0.4, 0.5) is 0 Å². The second-order valence-electron chi connectivity index (χ2n) is 6.64. The van der Waals surface area contributed by atoms with Crippen molar-refractivity contribution in [3.63, 3.8) is 0 Å². The standard InChI is InChI=1S/C22H23BrN4O4/c1-4-30-18-9-11-19(12-10-18)31-15(3)21(28)25-26-22(29)20-13-24-27(14(20)2)17-7-5-16(23)6-8-17/h5-13,15H,4H2,1-3H3,(H,25,28)(H,26,29). The molecule has 3 aromatic rings. The van der Waals surface area contributed by atoms with Gasteiger partial charge in [-0.1, -0.05) is 15.9 Å². The highest BCUT2D eigenvalue weighted by molar-refractivity contribution is 9.10. The van der Waals surface area contributed by atoms with E-state index in [4.69, 9.17) is 9.47 Å². The number of nitrogens with zero attached hydrogens (tertiary/aromatic N) is 2. The van der Waals surface area contributed by atoms with Crippen molar-refractivity contribution in [2.75, 3.05) is 6.61 Å². The molecule has 0 aliphatic heterocycles. The van der Waals surface area contributed by atoms with Gasteiger partial charge in [-0.2, -0.15) is 5.10 Å². The van der Waals surface area contributed by atoms with E-state index in [0.29, 0.717) is 23.6 Å². The number of halogens is 1. The van der Waals surface area contributed by atoms with Crippen LogP contribution in [-0.4, -0.2) is 34.3 Å². The van der Waals surface area contributed by atoms with Crippen molar-refractivity contribution in [2.24, 2.45) is 0 Å². The van der Waals surface area contributed by atoms with Gasteiger partial charge in [0, 0.05) is 4.47 Å². The van der Waals surface area contributed by atoms with Gasteiger partial charge in [0.2, 0.25) is 0 Å². The average molecular weight is 487 g/mol. The minimum absolute atomic E-state index is 0.350. The number of carbonyl (C=O) groups excluding carboxylic acids is 2. The van der Waals surface area contributed by atoms with E-state index >= 15 is 0 Å². The lowest BCUT2D eigenvalue weighted by atomic mass is 10.2.